The number of nitrogens with one attached hydrogen (secondary N) is 3. The lowest BCUT2D eigenvalue weighted by molar-refractivity contribution is -0.119. The standard InChI is InChI=1S/C15H19N5O2S2/c1-9(2)16-14(22)18-13(21)10(3)24-15-17-12(19-20-15)7-6-11-5-4-8-23-11/h4-10H,1-3H3,(H,17,19,20)(H2,16,18,21,22)/b7-6+. The Kier molecular flexibility index (Phi) is 6.56. The smallest absolute Gasteiger partial charge is 0.321 e. The molecule has 24 heavy (non-hydrogen) atoms. The van der Waals surface area contributed by atoms with Gasteiger partial charge < -0.3 is 5.32 Å². The molecule has 2 heterocycles. The van der Waals surface area contributed by atoms with Gasteiger partial charge in [0, 0.05) is 10.9 Å². The van der Waals surface area contributed by atoms with Crippen LogP contribution in [0.1, 0.15) is 31.5 Å². The van der Waals surface area contributed by atoms with E-state index >= 15 is 0 Å². The number of amides is 3. The number of H-pyrrole nitrogens is 1. The van der Waals surface area contributed by atoms with Gasteiger partial charge in [0.05, 0.1) is 5.25 Å². The fourth-order valence-corrected chi connectivity index (χ4v) is 3.01. The lowest BCUT2D eigenvalue weighted by Crippen LogP contribution is -2.45. The normalized spacial score (nSPS) is 12.5. The number of rotatable bonds is 6. The van der Waals surface area contributed by atoms with E-state index in [1.165, 1.54) is 11.8 Å². The predicted molar refractivity (Wildman–Crippen MR) is 96.8 cm³/mol. The lowest BCUT2D eigenvalue weighted by atomic mass is 10.4. The third-order valence-electron chi connectivity index (χ3n) is 2.74. The van der Waals surface area contributed by atoms with E-state index in [2.05, 4.69) is 25.8 Å². The molecule has 0 aliphatic rings. The van der Waals surface area contributed by atoms with Crippen LogP contribution in [0.2, 0.25) is 0 Å². The molecular weight excluding hydrogens is 346 g/mol. The topological polar surface area (TPSA) is 99.8 Å². The number of aromatic nitrogens is 3. The molecule has 2 rings (SSSR count). The summed E-state index contributed by atoms with van der Waals surface area (Å²) in [6, 6.07) is 3.44. The molecule has 0 aliphatic carbocycles. The third-order valence-corrected chi connectivity index (χ3v) is 4.54. The highest BCUT2D eigenvalue weighted by Crippen LogP contribution is 2.20. The fraction of sp³-hybridized carbons (Fsp3) is 0.333. The van der Waals surface area contributed by atoms with E-state index in [4.69, 9.17) is 0 Å². The number of hydrogen-bond acceptors (Lipinski definition) is 6. The van der Waals surface area contributed by atoms with Crippen molar-refractivity contribution in [3.8, 4) is 0 Å². The van der Waals surface area contributed by atoms with Crippen LogP contribution in [0.3, 0.4) is 0 Å². The van der Waals surface area contributed by atoms with Crippen molar-refractivity contribution >= 4 is 47.2 Å². The maximum Gasteiger partial charge on any atom is 0.321 e. The van der Waals surface area contributed by atoms with Crippen molar-refractivity contribution in [2.45, 2.75) is 37.2 Å². The van der Waals surface area contributed by atoms with Gasteiger partial charge in [0.1, 0.15) is 5.82 Å². The summed E-state index contributed by atoms with van der Waals surface area (Å²) in [5.74, 6) is 0.217. The predicted octanol–water partition coefficient (Wildman–Crippen LogP) is 2.75. The highest BCUT2D eigenvalue weighted by Gasteiger charge is 2.19. The first-order valence-corrected chi connectivity index (χ1v) is 9.12. The molecule has 0 aromatic carbocycles. The molecule has 0 bridgehead atoms. The van der Waals surface area contributed by atoms with Crippen LogP contribution in [0.5, 0.6) is 0 Å². The average Bonchev–Trinajstić information content (AvgIpc) is 3.15. The fourth-order valence-electron chi connectivity index (χ4n) is 1.66. The first-order valence-electron chi connectivity index (χ1n) is 7.36. The highest BCUT2D eigenvalue weighted by molar-refractivity contribution is 8.00. The molecule has 0 saturated heterocycles. The average molecular weight is 365 g/mol. The van der Waals surface area contributed by atoms with Crippen LogP contribution in [-0.2, 0) is 4.79 Å². The number of aromatic amines is 1. The van der Waals surface area contributed by atoms with Crippen molar-refractivity contribution in [2.75, 3.05) is 0 Å². The molecule has 0 radical (unpaired) electrons. The Morgan fingerprint density at radius 2 is 2.12 bits per heavy atom. The van der Waals surface area contributed by atoms with Gasteiger partial charge in [-0.05, 0) is 44.4 Å². The monoisotopic (exact) mass is 365 g/mol. The van der Waals surface area contributed by atoms with E-state index in [-0.39, 0.29) is 6.04 Å². The van der Waals surface area contributed by atoms with Crippen LogP contribution in [-0.4, -0.2) is 38.4 Å². The first-order chi connectivity index (χ1) is 11.4. The van der Waals surface area contributed by atoms with E-state index in [9.17, 15) is 9.59 Å². The quantitative estimate of drug-likeness (QED) is 0.684. The molecule has 7 nitrogen and oxygen atoms in total. The molecule has 0 spiro atoms. The van der Waals surface area contributed by atoms with E-state index in [1.807, 2.05) is 43.5 Å². The van der Waals surface area contributed by atoms with Crippen LogP contribution in [0.15, 0.2) is 22.7 Å². The second kappa shape index (κ2) is 8.65. The van der Waals surface area contributed by atoms with Crippen molar-refractivity contribution in [3.05, 3.63) is 28.2 Å². The number of carbonyl (C=O) groups excluding carboxylic acids is 2. The zero-order valence-corrected chi connectivity index (χ0v) is 15.2. The molecule has 128 valence electrons. The van der Waals surface area contributed by atoms with Crippen LogP contribution in [0.4, 0.5) is 4.79 Å². The highest BCUT2D eigenvalue weighted by atomic mass is 32.2. The summed E-state index contributed by atoms with van der Waals surface area (Å²) >= 11 is 2.81. The van der Waals surface area contributed by atoms with Gasteiger partial charge in [-0.1, -0.05) is 17.8 Å². The molecule has 0 aliphatic heterocycles. The largest absolute Gasteiger partial charge is 0.336 e. The minimum atomic E-state index is -0.503. The number of imide groups is 1. The summed E-state index contributed by atoms with van der Waals surface area (Å²) in [6.07, 6.45) is 3.76. The molecule has 2 aromatic heterocycles. The molecular formula is C15H19N5O2S2. The number of thioether (sulfide) groups is 1. The van der Waals surface area contributed by atoms with E-state index in [0.717, 1.165) is 4.88 Å². The minimum absolute atomic E-state index is 0.0357. The number of thiophene rings is 1. The van der Waals surface area contributed by atoms with Crippen molar-refractivity contribution in [3.63, 3.8) is 0 Å². The molecule has 0 fully saturated rings. The Hall–Kier alpha value is -2.13. The Labute approximate surface area is 148 Å². The molecule has 1 atom stereocenters. The SMILES string of the molecule is CC(C)NC(=O)NC(=O)C(C)Sc1n[nH]c(/C=C/c2cccs2)n1. The van der Waals surface area contributed by atoms with Gasteiger partial charge in [-0.15, -0.1) is 16.4 Å². The van der Waals surface area contributed by atoms with Crippen molar-refractivity contribution in [1.29, 1.82) is 0 Å². The van der Waals surface area contributed by atoms with E-state index in [0.29, 0.717) is 11.0 Å². The molecule has 2 aromatic rings. The van der Waals surface area contributed by atoms with Crippen molar-refractivity contribution in [1.82, 2.24) is 25.8 Å². The first kappa shape index (κ1) is 18.2. The molecule has 9 heteroatoms. The van der Waals surface area contributed by atoms with Crippen molar-refractivity contribution in [2.24, 2.45) is 0 Å². The van der Waals surface area contributed by atoms with Gasteiger partial charge in [-0.25, -0.2) is 9.78 Å². The maximum atomic E-state index is 12.0. The number of urea groups is 1. The number of hydrogen-bond donors (Lipinski definition) is 3. The molecule has 3 N–H and O–H groups in total. The lowest BCUT2D eigenvalue weighted by Gasteiger charge is -2.11. The van der Waals surface area contributed by atoms with E-state index < -0.39 is 17.2 Å². The summed E-state index contributed by atoms with van der Waals surface area (Å²) in [4.78, 5) is 28.9. The van der Waals surface area contributed by atoms with Gasteiger partial charge in [0.15, 0.2) is 0 Å². The van der Waals surface area contributed by atoms with Gasteiger partial charge in [0.25, 0.3) is 0 Å². The number of nitrogens with zero attached hydrogens (tertiary/aromatic N) is 2. The Balaban J connectivity index is 1.86. The third kappa shape index (κ3) is 5.82. The summed E-state index contributed by atoms with van der Waals surface area (Å²) in [5.41, 5.74) is 0. The maximum absolute atomic E-state index is 12.0. The minimum Gasteiger partial charge on any atom is -0.336 e. The van der Waals surface area contributed by atoms with E-state index in [1.54, 1.807) is 18.3 Å². The van der Waals surface area contributed by atoms with Crippen molar-refractivity contribution < 1.29 is 9.59 Å². The van der Waals surface area contributed by atoms with Gasteiger partial charge in [0.2, 0.25) is 11.1 Å². The summed E-state index contributed by atoms with van der Waals surface area (Å²) in [6.45, 7) is 5.34. The second-order valence-electron chi connectivity index (χ2n) is 5.23. The zero-order valence-electron chi connectivity index (χ0n) is 13.6. The van der Waals surface area contributed by atoms with Crippen LogP contribution < -0.4 is 10.6 Å². The summed E-state index contributed by atoms with van der Waals surface area (Å²) in [7, 11) is 0. The van der Waals surface area contributed by atoms with Crippen LogP contribution in [0, 0.1) is 0 Å². The molecule has 3 amide bonds. The summed E-state index contributed by atoms with van der Waals surface area (Å²) < 4.78 is 0. The zero-order chi connectivity index (χ0) is 17.5. The second-order valence-corrected chi connectivity index (χ2v) is 7.52. The summed E-state index contributed by atoms with van der Waals surface area (Å²) in [5, 5.41) is 13.7. The Bertz CT molecular complexity index is 709. The number of carbonyl (C=O) groups is 2. The molecule has 1 unspecified atom stereocenters. The van der Waals surface area contributed by atoms with Crippen LogP contribution >= 0.6 is 23.1 Å². The van der Waals surface area contributed by atoms with Gasteiger partial charge in [-0.3, -0.25) is 15.2 Å². The molecule has 0 saturated carbocycles. The van der Waals surface area contributed by atoms with Crippen LogP contribution in [0.25, 0.3) is 12.2 Å². The van der Waals surface area contributed by atoms with Gasteiger partial charge in [-0.2, -0.15) is 0 Å². The Morgan fingerprint density at radius 3 is 2.79 bits per heavy atom. The Morgan fingerprint density at radius 1 is 1.33 bits per heavy atom. The van der Waals surface area contributed by atoms with Gasteiger partial charge >= 0.3 is 6.03 Å².